The van der Waals surface area contributed by atoms with Gasteiger partial charge >= 0.3 is 0 Å². The summed E-state index contributed by atoms with van der Waals surface area (Å²) in [4.78, 5) is 14.9. The van der Waals surface area contributed by atoms with E-state index >= 15 is 0 Å². The fourth-order valence-electron chi connectivity index (χ4n) is 8.29. The summed E-state index contributed by atoms with van der Waals surface area (Å²) in [6.07, 6.45) is 29.2. The Bertz CT molecular complexity index is 1780. The van der Waals surface area contributed by atoms with E-state index in [2.05, 4.69) is 133 Å². The fourth-order valence-corrected chi connectivity index (χ4v) is 8.69. The van der Waals surface area contributed by atoms with Crippen molar-refractivity contribution in [3.05, 3.63) is 141 Å². The largest absolute Gasteiger partial charge is 0.289 e. The molecule has 0 saturated heterocycles. The lowest BCUT2D eigenvalue weighted by molar-refractivity contribution is -0.108. The van der Waals surface area contributed by atoms with Crippen molar-refractivity contribution >= 4 is 44.0 Å². The van der Waals surface area contributed by atoms with Crippen molar-refractivity contribution < 1.29 is 4.79 Å². The number of ketones is 1. The molecular weight excluding hydrogens is 732 g/mol. The van der Waals surface area contributed by atoms with Gasteiger partial charge in [0.25, 0.3) is 0 Å². The Balaban J connectivity index is 1.30. The molecule has 1 nitrogen and oxygen atoms in total. The van der Waals surface area contributed by atoms with E-state index in [9.17, 15) is 4.79 Å². The van der Waals surface area contributed by atoms with Gasteiger partial charge in [-0.2, -0.15) is 0 Å². The molecule has 0 fully saturated rings. The minimum atomic E-state index is 0.110. The van der Waals surface area contributed by atoms with E-state index in [-0.39, 0.29) is 5.78 Å². The quantitative estimate of drug-likeness (QED) is 0.0578. The lowest BCUT2D eigenvalue weighted by Gasteiger charge is -2.14. The number of halogens is 1. The second-order valence-corrected chi connectivity index (χ2v) is 16.9. The van der Waals surface area contributed by atoms with Crippen LogP contribution in [0.3, 0.4) is 0 Å². The first-order valence-electron chi connectivity index (χ1n) is 22.1. The van der Waals surface area contributed by atoms with Crippen LogP contribution in [0.5, 0.6) is 0 Å². The number of carbonyl (C=O) groups is 1. The molecule has 0 spiro atoms. The number of carbonyl (C=O) groups excluding carboxylic acids is 1. The minimum Gasteiger partial charge on any atom is -0.289 e. The standard InChI is InChI=1S/C53H67BrO/c1-3-5-7-9-11-13-15-17-19-22-27-42-33-37-45(38-34-42)51-49(44-29-24-21-25-30-44)50(47-31-26-32-48(54)41-47)52(53(51)55)46-39-35-43(36-40-46)28-23-20-18-16-14-12-10-8-6-4-2/h21,24-26,29-41H,3-20,22-23,27-28H2,1-2H3. The Kier molecular flexibility index (Phi) is 18.8. The van der Waals surface area contributed by atoms with Gasteiger partial charge in [-0.15, -0.1) is 0 Å². The van der Waals surface area contributed by atoms with Gasteiger partial charge in [-0.25, -0.2) is 0 Å². The molecule has 0 amide bonds. The molecule has 0 radical (unpaired) electrons. The third kappa shape index (κ3) is 13.3. The van der Waals surface area contributed by atoms with E-state index in [0.717, 1.165) is 61.9 Å². The lowest BCUT2D eigenvalue weighted by atomic mass is 9.89. The summed E-state index contributed by atoms with van der Waals surface area (Å²) >= 11 is 3.74. The van der Waals surface area contributed by atoms with Gasteiger partial charge in [0.2, 0.25) is 0 Å². The molecule has 0 aliphatic heterocycles. The molecule has 0 N–H and O–H groups in total. The van der Waals surface area contributed by atoms with Crippen molar-refractivity contribution in [2.45, 2.75) is 155 Å². The summed E-state index contributed by atoms with van der Waals surface area (Å²) in [6, 6.07) is 36.8. The van der Waals surface area contributed by atoms with E-state index in [0.29, 0.717) is 0 Å². The molecule has 0 heterocycles. The smallest absolute Gasteiger partial charge is 0.195 e. The van der Waals surface area contributed by atoms with Gasteiger partial charge in [0.15, 0.2) is 5.78 Å². The van der Waals surface area contributed by atoms with Gasteiger partial charge < -0.3 is 0 Å². The van der Waals surface area contributed by atoms with E-state index < -0.39 is 0 Å². The first-order chi connectivity index (χ1) is 27.1. The molecule has 0 bridgehead atoms. The maximum absolute atomic E-state index is 14.9. The highest BCUT2D eigenvalue weighted by Gasteiger charge is 2.35. The molecule has 1 aliphatic rings. The maximum atomic E-state index is 14.9. The molecule has 4 aromatic rings. The van der Waals surface area contributed by atoms with E-state index in [1.54, 1.807) is 0 Å². The molecule has 2 heteroatoms. The van der Waals surface area contributed by atoms with Crippen molar-refractivity contribution in [2.75, 3.05) is 0 Å². The highest BCUT2D eigenvalue weighted by molar-refractivity contribution is 9.10. The van der Waals surface area contributed by atoms with Crippen LogP contribution in [-0.4, -0.2) is 5.78 Å². The molecule has 0 unspecified atom stereocenters. The summed E-state index contributed by atoms with van der Waals surface area (Å²) in [5.41, 5.74) is 10.5. The molecule has 0 atom stereocenters. The lowest BCUT2D eigenvalue weighted by Crippen LogP contribution is -2.02. The Morgan fingerprint density at radius 3 is 1.15 bits per heavy atom. The molecule has 0 aromatic heterocycles. The summed E-state index contributed by atoms with van der Waals surface area (Å²) < 4.78 is 1.01. The molecule has 4 aromatic carbocycles. The topological polar surface area (TPSA) is 17.1 Å². The van der Waals surface area contributed by atoms with Crippen LogP contribution in [0, 0.1) is 0 Å². The van der Waals surface area contributed by atoms with Crippen LogP contribution in [0.2, 0.25) is 0 Å². The Hall–Kier alpha value is -3.49. The second-order valence-electron chi connectivity index (χ2n) is 16.0. The highest BCUT2D eigenvalue weighted by Crippen LogP contribution is 2.50. The number of Topliss-reactive ketones (excluding diaryl/α,β-unsaturated/α-hetero) is 1. The number of hydrogen-bond acceptors (Lipinski definition) is 1. The first kappa shape index (κ1) is 42.6. The Labute approximate surface area is 343 Å². The van der Waals surface area contributed by atoms with Crippen molar-refractivity contribution in [1.29, 1.82) is 0 Å². The molecule has 0 saturated carbocycles. The molecule has 5 rings (SSSR count). The summed E-state index contributed by atoms with van der Waals surface area (Å²) in [5.74, 6) is 0.110. The third-order valence-corrected chi connectivity index (χ3v) is 12.0. The van der Waals surface area contributed by atoms with Crippen LogP contribution in [0.1, 0.15) is 176 Å². The van der Waals surface area contributed by atoms with Gasteiger partial charge in [0.1, 0.15) is 0 Å². The molecular formula is C53H67BrO. The summed E-state index contributed by atoms with van der Waals surface area (Å²) in [5, 5.41) is 0. The van der Waals surface area contributed by atoms with Crippen LogP contribution >= 0.6 is 15.9 Å². The average Bonchev–Trinajstić information content (AvgIpc) is 3.52. The Morgan fingerprint density at radius 1 is 0.364 bits per heavy atom. The zero-order valence-corrected chi connectivity index (χ0v) is 35.7. The fraction of sp³-hybridized carbons (Fsp3) is 0.453. The summed E-state index contributed by atoms with van der Waals surface area (Å²) in [7, 11) is 0. The number of benzene rings is 4. The first-order valence-corrected chi connectivity index (χ1v) is 22.9. The average molecular weight is 800 g/mol. The predicted molar refractivity (Wildman–Crippen MR) is 243 cm³/mol. The SMILES string of the molecule is CCCCCCCCCCCCc1ccc(C2=C(c3ccccc3)C(c3cccc(Br)c3)=C(c3ccc(CCCCCCCCCCCC)cc3)C2=O)cc1. The molecule has 55 heavy (non-hydrogen) atoms. The van der Waals surface area contributed by atoms with Crippen LogP contribution in [0.15, 0.2) is 108 Å². The highest BCUT2D eigenvalue weighted by atomic mass is 79.9. The van der Waals surface area contributed by atoms with Gasteiger partial charge in [-0.3, -0.25) is 4.79 Å². The predicted octanol–water partition coefficient (Wildman–Crippen LogP) is 16.5. The van der Waals surface area contributed by atoms with Crippen LogP contribution in [0.25, 0.3) is 22.3 Å². The van der Waals surface area contributed by atoms with Crippen molar-refractivity contribution in [3.63, 3.8) is 0 Å². The monoisotopic (exact) mass is 798 g/mol. The van der Waals surface area contributed by atoms with Gasteiger partial charge in [-0.05, 0) is 71.2 Å². The zero-order chi connectivity index (χ0) is 38.5. The van der Waals surface area contributed by atoms with Crippen molar-refractivity contribution in [1.82, 2.24) is 0 Å². The number of unbranched alkanes of at least 4 members (excludes halogenated alkanes) is 18. The van der Waals surface area contributed by atoms with Crippen LogP contribution in [0.4, 0.5) is 0 Å². The zero-order valence-electron chi connectivity index (χ0n) is 34.2. The second kappa shape index (κ2) is 24.2. The third-order valence-electron chi connectivity index (χ3n) is 11.5. The number of rotatable bonds is 26. The normalized spacial score (nSPS) is 13.0. The van der Waals surface area contributed by atoms with Gasteiger partial charge in [0.05, 0.1) is 0 Å². The van der Waals surface area contributed by atoms with Crippen LogP contribution in [-0.2, 0) is 17.6 Å². The minimum absolute atomic E-state index is 0.110. The van der Waals surface area contributed by atoms with E-state index in [4.69, 9.17) is 0 Å². The Morgan fingerprint density at radius 2 is 0.727 bits per heavy atom. The molecule has 292 valence electrons. The number of hydrogen-bond donors (Lipinski definition) is 0. The van der Waals surface area contributed by atoms with Crippen LogP contribution < -0.4 is 0 Å². The summed E-state index contributed by atoms with van der Waals surface area (Å²) in [6.45, 7) is 4.57. The van der Waals surface area contributed by atoms with Gasteiger partial charge in [0, 0.05) is 26.8 Å². The number of aryl methyl sites for hydroxylation is 2. The van der Waals surface area contributed by atoms with Crippen molar-refractivity contribution in [2.24, 2.45) is 0 Å². The van der Waals surface area contributed by atoms with Gasteiger partial charge in [-0.1, -0.05) is 236 Å². The molecule has 1 aliphatic carbocycles. The van der Waals surface area contributed by atoms with E-state index in [1.165, 1.54) is 140 Å². The van der Waals surface area contributed by atoms with Crippen molar-refractivity contribution in [3.8, 4) is 0 Å². The maximum Gasteiger partial charge on any atom is 0.195 e. The van der Waals surface area contributed by atoms with E-state index in [1.807, 2.05) is 0 Å². The number of allylic oxidation sites excluding steroid dienone is 4.